The first-order valence-corrected chi connectivity index (χ1v) is 7.80. The van der Waals surface area contributed by atoms with E-state index in [2.05, 4.69) is 71.9 Å². The van der Waals surface area contributed by atoms with Crippen molar-refractivity contribution >= 4 is 5.57 Å². The molecule has 0 spiro atoms. The second-order valence-electron chi connectivity index (χ2n) is 7.98. The average Bonchev–Trinajstić information content (AvgIpc) is 2.57. The van der Waals surface area contributed by atoms with Gasteiger partial charge in [-0.25, -0.2) is 0 Å². The van der Waals surface area contributed by atoms with Gasteiger partial charge in [0.2, 0.25) is 0 Å². The normalized spacial score (nSPS) is 22.1. The van der Waals surface area contributed by atoms with Crippen LogP contribution >= 0.6 is 0 Å². The van der Waals surface area contributed by atoms with Crippen molar-refractivity contribution in [2.45, 2.75) is 59.3 Å². The van der Waals surface area contributed by atoms with Crippen molar-refractivity contribution in [1.82, 2.24) is 0 Å². The molecule has 1 aromatic carbocycles. The number of fused-ring (bicyclic) bond motifs is 2. The fraction of sp³-hybridized carbons (Fsp3) is 0.500. The highest BCUT2D eigenvalue weighted by molar-refractivity contribution is 5.87. The molecule has 0 atom stereocenters. The van der Waals surface area contributed by atoms with E-state index >= 15 is 0 Å². The second kappa shape index (κ2) is 4.10. The molecule has 0 heterocycles. The first-order chi connectivity index (χ1) is 9.22. The lowest BCUT2D eigenvalue weighted by atomic mass is 9.71. The summed E-state index contributed by atoms with van der Waals surface area (Å²) in [4.78, 5) is 0. The monoisotopic (exact) mass is 266 g/mol. The summed E-state index contributed by atoms with van der Waals surface area (Å²) < 4.78 is 0. The van der Waals surface area contributed by atoms with Gasteiger partial charge in [-0.2, -0.15) is 0 Å². The summed E-state index contributed by atoms with van der Waals surface area (Å²) >= 11 is 0. The van der Waals surface area contributed by atoms with Crippen molar-refractivity contribution in [3.8, 4) is 0 Å². The van der Waals surface area contributed by atoms with Gasteiger partial charge in [0, 0.05) is 5.41 Å². The van der Waals surface area contributed by atoms with Crippen LogP contribution in [0.25, 0.3) is 5.57 Å². The summed E-state index contributed by atoms with van der Waals surface area (Å²) in [7, 11) is 0. The minimum Gasteiger partial charge on any atom is -0.0779 e. The summed E-state index contributed by atoms with van der Waals surface area (Å²) in [5.41, 5.74) is 8.02. The highest BCUT2D eigenvalue weighted by Crippen LogP contribution is 2.53. The van der Waals surface area contributed by atoms with Crippen molar-refractivity contribution < 1.29 is 0 Å². The molecule has 2 aliphatic rings. The maximum absolute atomic E-state index is 2.44. The van der Waals surface area contributed by atoms with Crippen LogP contribution < -0.4 is 0 Å². The Labute approximate surface area is 123 Å². The molecule has 106 valence electrons. The minimum atomic E-state index is 0.178. The molecule has 0 unspecified atom stereocenters. The fourth-order valence-electron chi connectivity index (χ4n) is 3.66. The molecule has 0 N–H and O–H groups in total. The zero-order valence-corrected chi connectivity index (χ0v) is 13.7. The predicted molar refractivity (Wildman–Crippen MR) is 88.0 cm³/mol. The Bertz CT molecular complexity index is 621. The molecule has 0 saturated heterocycles. The van der Waals surface area contributed by atoms with E-state index < -0.39 is 0 Å². The largest absolute Gasteiger partial charge is 0.0779 e. The van der Waals surface area contributed by atoms with Crippen LogP contribution in [0.4, 0.5) is 0 Å². The van der Waals surface area contributed by atoms with Crippen molar-refractivity contribution in [1.29, 1.82) is 0 Å². The number of benzene rings is 1. The van der Waals surface area contributed by atoms with Crippen molar-refractivity contribution in [3.05, 3.63) is 52.6 Å². The van der Waals surface area contributed by atoms with Gasteiger partial charge in [-0.15, -0.1) is 0 Å². The molecular weight excluding hydrogens is 240 g/mol. The van der Waals surface area contributed by atoms with Crippen LogP contribution in [0.15, 0.2) is 35.9 Å². The minimum absolute atomic E-state index is 0.178. The summed E-state index contributed by atoms with van der Waals surface area (Å²) in [6, 6.07) is 7.10. The van der Waals surface area contributed by atoms with E-state index in [4.69, 9.17) is 0 Å². The average molecular weight is 266 g/mol. The molecular formula is C20H26. The standard InChI is InChI=1S/C20H26/c1-13(2)14-7-8-15-16-9-10-19(3,4)12-18(16)20(5,6)17(15)11-14/h7-11,13H,12H2,1-6H3. The van der Waals surface area contributed by atoms with Crippen molar-refractivity contribution in [2.24, 2.45) is 5.41 Å². The number of hydrogen-bond acceptors (Lipinski definition) is 0. The van der Waals surface area contributed by atoms with E-state index in [-0.39, 0.29) is 5.41 Å². The van der Waals surface area contributed by atoms with Crippen LogP contribution in [0.3, 0.4) is 0 Å². The van der Waals surface area contributed by atoms with Crippen LogP contribution in [0.2, 0.25) is 0 Å². The van der Waals surface area contributed by atoms with Gasteiger partial charge >= 0.3 is 0 Å². The Morgan fingerprint density at radius 1 is 1.05 bits per heavy atom. The van der Waals surface area contributed by atoms with E-state index in [0.29, 0.717) is 11.3 Å². The van der Waals surface area contributed by atoms with E-state index in [0.717, 1.165) is 0 Å². The molecule has 0 fully saturated rings. The Kier molecular flexibility index (Phi) is 2.80. The second-order valence-corrected chi connectivity index (χ2v) is 7.98. The molecule has 0 aliphatic heterocycles. The molecule has 0 saturated carbocycles. The third-order valence-electron chi connectivity index (χ3n) is 5.09. The summed E-state index contributed by atoms with van der Waals surface area (Å²) in [5, 5.41) is 0. The Morgan fingerprint density at radius 3 is 2.40 bits per heavy atom. The van der Waals surface area contributed by atoms with Gasteiger partial charge in [0.25, 0.3) is 0 Å². The van der Waals surface area contributed by atoms with Gasteiger partial charge in [0.1, 0.15) is 0 Å². The predicted octanol–water partition coefficient (Wildman–Crippen LogP) is 5.84. The zero-order chi connectivity index (χ0) is 14.7. The van der Waals surface area contributed by atoms with Gasteiger partial charge in [0.15, 0.2) is 0 Å². The molecule has 0 radical (unpaired) electrons. The molecule has 0 heteroatoms. The van der Waals surface area contributed by atoms with E-state index in [1.807, 2.05) is 0 Å². The van der Waals surface area contributed by atoms with Gasteiger partial charge in [-0.1, -0.05) is 77.5 Å². The Morgan fingerprint density at radius 2 is 1.75 bits per heavy atom. The SMILES string of the molecule is CC(C)c1ccc2c(c1)C(C)(C)C1=C2C=CC(C)(C)C1. The van der Waals surface area contributed by atoms with Gasteiger partial charge in [-0.05, 0) is 40.0 Å². The lowest BCUT2D eigenvalue weighted by molar-refractivity contribution is 0.436. The molecule has 0 nitrogen and oxygen atoms in total. The zero-order valence-electron chi connectivity index (χ0n) is 13.7. The van der Waals surface area contributed by atoms with E-state index in [1.54, 1.807) is 5.57 Å². The van der Waals surface area contributed by atoms with Crippen LogP contribution in [0.1, 0.15) is 70.6 Å². The summed E-state index contributed by atoms with van der Waals surface area (Å²) in [6.45, 7) is 14.0. The van der Waals surface area contributed by atoms with Crippen LogP contribution in [-0.2, 0) is 5.41 Å². The molecule has 0 amide bonds. The Balaban J connectivity index is 2.16. The topological polar surface area (TPSA) is 0 Å². The summed E-state index contributed by atoms with van der Waals surface area (Å²) in [5.74, 6) is 0.598. The van der Waals surface area contributed by atoms with Gasteiger partial charge in [-0.3, -0.25) is 0 Å². The lowest BCUT2D eigenvalue weighted by Gasteiger charge is -2.32. The number of allylic oxidation sites excluding steroid dienone is 4. The first-order valence-electron chi connectivity index (χ1n) is 7.80. The molecule has 1 aromatic rings. The third kappa shape index (κ3) is 1.89. The molecule has 3 rings (SSSR count). The smallest absolute Gasteiger partial charge is 0.0121 e. The van der Waals surface area contributed by atoms with Gasteiger partial charge < -0.3 is 0 Å². The molecule has 2 aliphatic carbocycles. The van der Waals surface area contributed by atoms with Gasteiger partial charge in [0.05, 0.1) is 0 Å². The number of rotatable bonds is 1. The van der Waals surface area contributed by atoms with Crippen LogP contribution in [0, 0.1) is 5.41 Å². The van der Waals surface area contributed by atoms with Crippen LogP contribution in [0.5, 0.6) is 0 Å². The van der Waals surface area contributed by atoms with E-state index in [1.165, 1.54) is 28.7 Å². The third-order valence-corrected chi connectivity index (χ3v) is 5.09. The molecule has 0 bridgehead atoms. The molecule has 20 heavy (non-hydrogen) atoms. The highest BCUT2D eigenvalue weighted by Gasteiger charge is 2.40. The quantitative estimate of drug-likeness (QED) is 0.599. The van der Waals surface area contributed by atoms with Crippen LogP contribution in [-0.4, -0.2) is 0 Å². The molecule has 0 aromatic heterocycles. The van der Waals surface area contributed by atoms with Crippen molar-refractivity contribution in [2.75, 3.05) is 0 Å². The lowest BCUT2D eigenvalue weighted by Crippen LogP contribution is -2.23. The first kappa shape index (κ1) is 13.7. The Hall–Kier alpha value is -1.30. The number of hydrogen-bond donors (Lipinski definition) is 0. The fourth-order valence-corrected chi connectivity index (χ4v) is 3.66. The maximum atomic E-state index is 2.44. The maximum Gasteiger partial charge on any atom is 0.0121 e. The van der Waals surface area contributed by atoms with Crippen molar-refractivity contribution in [3.63, 3.8) is 0 Å². The van der Waals surface area contributed by atoms with E-state index in [9.17, 15) is 0 Å². The summed E-state index contributed by atoms with van der Waals surface area (Å²) in [6.07, 6.45) is 5.92. The highest BCUT2D eigenvalue weighted by atomic mass is 14.4.